The Morgan fingerprint density at radius 1 is 1.56 bits per heavy atom. The molecule has 100 valence electrons. The topological polar surface area (TPSA) is 49.3 Å². The fourth-order valence-corrected chi connectivity index (χ4v) is 2.61. The van der Waals surface area contributed by atoms with E-state index in [0.29, 0.717) is 16.5 Å². The van der Waals surface area contributed by atoms with Gasteiger partial charge in [0.25, 0.3) is 0 Å². The molecule has 0 aromatic heterocycles. The van der Waals surface area contributed by atoms with Gasteiger partial charge in [-0.05, 0) is 25.1 Å². The highest BCUT2D eigenvalue weighted by Crippen LogP contribution is 2.26. The van der Waals surface area contributed by atoms with E-state index >= 15 is 0 Å². The van der Waals surface area contributed by atoms with Crippen molar-refractivity contribution < 1.29 is 9.90 Å². The van der Waals surface area contributed by atoms with Crippen molar-refractivity contribution in [3.8, 4) is 0 Å². The second-order valence-corrected chi connectivity index (χ2v) is 6.62. The van der Waals surface area contributed by atoms with Crippen LogP contribution in [0.15, 0.2) is 22.7 Å². The van der Waals surface area contributed by atoms with Crippen molar-refractivity contribution in [1.29, 1.82) is 0 Å². The molecule has 18 heavy (non-hydrogen) atoms. The molecule has 6 heteroatoms. The van der Waals surface area contributed by atoms with Crippen molar-refractivity contribution in [1.82, 2.24) is 0 Å². The number of aliphatic hydroxyl groups is 1. The number of nitrogens with one attached hydrogen (secondary N) is 1. The number of thioether (sulfide) groups is 1. The average molecular weight is 353 g/mol. The number of anilines is 1. The molecule has 3 nitrogen and oxygen atoms in total. The average Bonchev–Trinajstić information content (AvgIpc) is 2.29. The molecule has 1 amide bonds. The molecule has 0 fully saturated rings. The maximum Gasteiger partial charge on any atom is 0.234 e. The van der Waals surface area contributed by atoms with Crippen molar-refractivity contribution in [2.24, 2.45) is 0 Å². The highest BCUT2D eigenvalue weighted by molar-refractivity contribution is 9.10. The Morgan fingerprint density at radius 2 is 2.22 bits per heavy atom. The Hall–Kier alpha value is -0.230. The van der Waals surface area contributed by atoms with Gasteiger partial charge >= 0.3 is 0 Å². The maximum atomic E-state index is 11.7. The summed E-state index contributed by atoms with van der Waals surface area (Å²) < 4.78 is 0.864. The molecule has 1 aromatic carbocycles. The largest absolute Gasteiger partial charge is 0.392 e. The zero-order chi connectivity index (χ0) is 13.7. The van der Waals surface area contributed by atoms with Crippen LogP contribution < -0.4 is 5.32 Å². The molecule has 1 aromatic rings. The Morgan fingerprint density at radius 3 is 2.78 bits per heavy atom. The van der Waals surface area contributed by atoms with Crippen LogP contribution in [0.2, 0.25) is 5.02 Å². The molecule has 0 aliphatic rings. The van der Waals surface area contributed by atoms with Crippen LogP contribution in [0.5, 0.6) is 0 Å². The number of carbonyl (C=O) groups is 1. The van der Waals surface area contributed by atoms with Crippen LogP contribution in [0.1, 0.15) is 13.8 Å². The second kappa shape index (κ2) is 7.38. The van der Waals surface area contributed by atoms with Crippen molar-refractivity contribution in [2.45, 2.75) is 25.2 Å². The van der Waals surface area contributed by atoms with Crippen molar-refractivity contribution >= 4 is 50.9 Å². The summed E-state index contributed by atoms with van der Waals surface area (Å²) in [5.74, 6) is 0.162. The molecule has 0 aliphatic carbocycles. The van der Waals surface area contributed by atoms with E-state index in [2.05, 4.69) is 21.2 Å². The van der Waals surface area contributed by atoms with Crippen LogP contribution in [0.3, 0.4) is 0 Å². The minimum absolute atomic E-state index is 0.0242. The van der Waals surface area contributed by atoms with Crippen LogP contribution in [-0.4, -0.2) is 28.1 Å². The quantitative estimate of drug-likeness (QED) is 0.852. The molecule has 0 bridgehead atoms. The number of benzene rings is 1. The minimum Gasteiger partial charge on any atom is -0.392 e. The number of aliphatic hydroxyl groups excluding tert-OH is 1. The first-order valence-corrected chi connectivity index (χ1v) is 7.66. The Bertz CT molecular complexity index is 429. The van der Waals surface area contributed by atoms with Crippen molar-refractivity contribution in [2.75, 3.05) is 11.1 Å². The number of carbonyl (C=O) groups excluding carboxylic acids is 1. The van der Waals surface area contributed by atoms with E-state index in [9.17, 15) is 9.90 Å². The standard InChI is InChI=1S/C12H15BrClNO2S/c1-7(16)8(2)18-6-12(17)15-11-4-3-9(13)5-10(11)14/h3-5,7-8,16H,6H2,1-2H3,(H,15,17). The Kier molecular flexibility index (Phi) is 6.49. The van der Waals surface area contributed by atoms with Gasteiger partial charge in [-0.3, -0.25) is 4.79 Å². The van der Waals surface area contributed by atoms with E-state index in [1.165, 1.54) is 11.8 Å². The van der Waals surface area contributed by atoms with E-state index < -0.39 is 6.10 Å². The van der Waals surface area contributed by atoms with Crippen LogP contribution in [-0.2, 0) is 4.79 Å². The van der Waals surface area contributed by atoms with Crippen LogP contribution in [0.4, 0.5) is 5.69 Å². The molecule has 0 saturated heterocycles. The molecule has 0 spiro atoms. The summed E-state index contributed by atoms with van der Waals surface area (Å²) in [6.07, 6.45) is -0.431. The van der Waals surface area contributed by atoms with Crippen LogP contribution >= 0.6 is 39.3 Å². The number of hydrogen-bond donors (Lipinski definition) is 2. The van der Waals surface area contributed by atoms with Crippen LogP contribution in [0, 0.1) is 0 Å². The van der Waals surface area contributed by atoms with Gasteiger partial charge in [0.2, 0.25) is 5.91 Å². The van der Waals surface area contributed by atoms with Crippen molar-refractivity contribution in [3.63, 3.8) is 0 Å². The van der Waals surface area contributed by atoms with E-state index in [0.717, 1.165) is 4.47 Å². The lowest BCUT2D eigenvalue weighted by molar-refractivity contribution is -0.113. The molecule has 0 heterocycles. The van der Waals surface area contributed by atoms with E-state index in [1.54, 1.807) is 19.1 Å². The first-order chi connectivity index (χ1) is 8.40. The summed E-state index contributed by atoms with van der Waals surface area (Å²) in [6, 6.07) is 5.28. The zero-order valence-electron chi connectivity index (χ0n) is 10.1. The van der Waals surface area contributed by atoms with Gasteiger partial charge in [-0.2, -0.15) is 0 Å². The molecule has 0 radical (unpaired) electrons. The fraction of sp³-hybridized carbons (Fsp3) is 0.417. The third-order valence-corrected chi connectivity index (χ3v) is 4.52. The molecule has 0 aliphatic heterocycles. The van der Waals surface area contributed by atoms with Gasteiger partial charge in [-0.15, -0.1) is 11.8 Å². The molecule has 2 unspecified atom stereocenters. The smallest absolute Gasteiger partial charge is 0.234 e. The third-order valence-electron chi connectivity index (χ3n) is 2.36. The molecule has 0 saturated carbocycles. The monoisotopic (exact) mass is 351 g/mol. The number of hydrogen-bond acceptors (Lipinski definition) is 3. The van der Waals surface area contributed by atoms with Crippen LogP contribution in [0.25, 0.3) is 0 Å². The maximum absolute atomic E-state index is 11.7. The second-order valence-electron chi connectivity index (χ2n) is 3.93. The Balaban J connectivity index is 2.50. The number of rotatable bonds is 5. The summed E-state index contributed by atoms with van der Waals surface area (Å²) >= 11 is 10.7. The summed E-state index contributed by atoms with van der Waals surface area (Å²) in [6.45, 7) is 3.59. The number of halogens is 2. The molecular formula is C12H15BrClNO2S. The molecule has 1 rings (SSSR count). The van der Waals surface area contributed by atoms with E-state index in [4.69, 9.17) is 11.6 Å². The number of amides is 1. The first kappa shape index (κ1) is 15.8. The molecule has 2 N–H and O–H groups in total. The van der Waals surface area contributed by atoms with Gasteiger partial charge < -0.3 is 10.4 Å². The highest BCUT2D eigenvalue weighted by atomic mass is 79.9. The van der Waals surface area contributed by atoms with Gasteiger partial charge in [0.1, 0.15) is 0 Å². The van der Waals surface area contributed by atoms with Gasteiger partial charge in [0, 0.05) is 9.72 Å². The lowest BCUT2D eigenvalue weighted by atomic mass is 10.3. The lowest BCUT2D eigenvalue weighted by Crippen LogP contribution is -2.20. The SMILES string of the molecule is CC(O)C(C)SCC(=O)Nc1ccc(Br)cc1Cl. The predicted octanol–water partition coefficient (Wildman–Crippen LogP) is 3.54. The van der Waals surface area contributed by atoms with Crippen molar-refractivity contribution in [3.05, 3.63) is 27.7 Å². The van der Waals surface area contributed by atoms with E-state index in [1.807, 2.05) is 13.0 Å². The highest BCUT2D eigenvalue weighted by Gasteiger charge is 2.12. The summed E-state index contributed by atoms with van der Waals surface area (Å²) in [7, 11) is 0. The molecular weight excluding hydrogens is 338 g/mol. The van der Waals surface area contributed by atoms with Gasteiger partial charge in [-0.25, -0.2) is 0 Å². The normalized spacial score (nSPS) is 14.1. The zero-order valence-corrected chi connectivity index (χ0v) is 13.3. The summed E-state index contributed by atoms with van der Waals surface area (Å²) in [5.41, 5.74) is 0.593. The molecule has 2 atom stereocenters. The summed E-state index contributed by atoms with van der Waals surface area (Å²) in [5, 5.41) is 12.6. The van der Waals surface area contributed by atoms with E-state index in [-0.39, 0.29) is 11.2 Å². The summed E-state index contributed by atoms with van der Waals surface area (Å²) in [4.78, 5) is 11.7. The first-order valence-electron chi connectivity index (χ1n) is 5.44. The minimum atomic E-state index is -0.431. The van der Waals surface area contributed by atoms with Gasteiger partial charge in [0.15, 0.2) is 0 Å². The third kappa shape index (κ3) is 5.18. The Labute approximate surface area is 124 Å². The van der Waals surface area contributed by atoms with Gasteiger partial charge in [-0.1, -0.05) is 34.5 Å². The predicted molar refractivity (Wildman–Crippen MR) is 81.4 cm³/mol. The van der Waals surface area contributed by atoms with Gasteiger partial charge in [0.05, 0.1) is 22.6 Å². The lowest BCUT2D eigenvalue weighted by Gasteiger charge is -2.14. The fourth-order valence-electron chi connectivity index (χ4n) is 1.12.